The lowest BCUT2D eigenvalue weighted by molar-refractivity contribution is -0.114. The molecule has 0 amide bonds. The third-order valence-corrected chi connectivity index (χ3v) is 4.40. The molecule has 1 atom stereocenters. The summed E-state index contributed by atoms with van der Waals surface area (Å²) >= 11 is 0. The number of aliphatic hydroxyl groups excluding tert-OH is 1. The maximum absolute atomic E-state index is 10.9. The average Bonchev–Trinajstić information content (AvgIpc) is 2.72. The molecule has 1 aromatic carbocycles. The van der Waals surface area contributed by atoms with Crippen molar-refractivity contribution in [3.05, 3.63) is 29.8 Å². The Morgan fingerprint density at radius 1 is 1.10 bits per heavy atom. The van der Waals surface area contributed by atoms with Crippen LogP contribution in [0.3, 0.4) is 0 Å². The highest BCUT2D eigenvalue weighted by Crippen LogP contribution is 2.40. The molecule has 3 heteroatoms. The second kappa shape index (κ2) is 7.28. The second-order valence-electron chi connectivity index (χ2n) is 6.32. The molecule has 0 aromatic heterocycles. The Kier molecular flexibility index (Phi) is 5.65. The first-order chi connectivity index (χ1) is 10.1. The van der Waals surface area contributed by atoms with Crippen LogP contribution in [0.5, 0.6) is 5.75 Å². The Bertz CT molecular complexity index is 434. The van der Waals surface area contributed by atoms with Crippen molar-refractivity contribution >= 4 is 0 Å². The Hall–Kier alpha value is -1.06. The number of methoxy groups -OCH3 is 1. The zero-order valence-electron chi connectivity index (χ0n) is 13.5. The summed E-state index contributed by atoms with van der Waals surface area (Å²) in [6, 6.07) is 7.78. The monoisotopic (exact) mass is 292 g/mol. The highest BCUT2D eigenvalue weighted by molar-refractivity contribution is 5.31. The smallest absolute Gasteiger partial charge is 0.120 e. The quantitative estimate of drug-likeness (QED) is 0.825. The topological polar surface area (TPSA) is 38.7 Å². The minimum atomic E-state index is -0.601. The van der Waals surface area contributed by atoms with Gasteiger partial charge >= 0.3 is 0 Å². The van der Waals surface area contributed by atoms with Crippen molar-refractivity contribution in [1.29, 1.82) is 0 Å². The van der Waals surface area contributed by atoms with Crippen molar-refractivity contribution in [2.45, 2.75) is 70.2 Å². The molecule has 2 rings (SSSR count). The first kappa shape index (κ1) is 16.3. The second-order valence-corrected chi connectivity index (χ2v) is 6.32. The molecule has 3 nitrogen and oxygen atoms in total. The third kappa shape index (κ3) is 3.98. The minimum absolute atomic E-state index is 0.131. The molecule has 1 aliphatic carbocycles. The summed E-state index contributed by atoms with van der Waals surface area (Å²) in [5.74, 6) is 0.807. The van der Waals surface area contributed by atoms with Gasteiger partial charge in [-0.2, -0.15) is 0 Å². The molecule has 0 bridgehead atoms. The summed E-state index contributed by atoms with van der Waals surface area (Å²) in [6.45, 7) is 4.01. The molecule has 1 aliphatic rings. The Balaban J connectivity index is 2.22. The summed E-state index contributed by atoms with van der Waals surface area (Å²) < 4.78 is 11.5. The van der Waals surface area contributed by atoms with E-state index in [9.17, 15) is 5.11 Å². The number of aliphatic hydroxyl groups is 1. The van der Waals surface area contributed by atoms with Gasteiger partial charge in [0.1, 0.15) is 11.9 Å². The highest BCUT2D eigenvalue weighted by atomic mass is 16.5. The number of ether oxygens (including phenoxy) is 2. The molecule has 118 valence electrons. The van der Waals surface area contributed by atoms with E-state index in [-0.39, 0.29) is 6.10 Å². The van der Waals surface area contributed by atoms with Gasteiger partial charge in [0, 0.05) is 7.11 Å². The lowest BCUT2D eigenvalue weighted by Crippen LogP contribution is -2.38. The molecule has 1 saturated carbocycles. The molecular formula is C18H28O3. The van der Waals surface area contributed by atoms with Crippen LogP contribution in [0.15, 0.2) is 24.3 Å². The van der Waals surface area contributed by atoms with Gasteiger partial charge < -0.3 is 14.6 Å². The first-order valence-electron chi connectivity index (χ1n) is 8.07. The number of hydrogen-bond acceptors (Lipinski definition) is 3. The number of rotatable bonds is 5. The largest absolute Gasteiger partial charge is 0.491 e. The summed E-state index contributed by atoms with van der Waals surface area (Å²) in [5.41, 5.74) is 0.435. The predicted molar refractivity (Wildman–Crippen MR) is 84.6 cm³/mol. The predicted octanol–water partition coefficient (Wildman–Crippen LogP) is 4.25. The van der Waals surface area contributed by atoms with Crippen LogP contribution in [-0.2, 0) is 4.74 Å². The molecule has 0 saturated heterocycles. The van der Waals surface area contributed by atoms with Crippen LogP contribution in [0.25, 0.3) is 0 Å². The van der Waals surface area contributed by atoms with Crippen LogP contribution in [0.4, 0.5) is 0 Å². The van der Waals surface area contributed by atoms with Crippen LogP contribution in [0.1, 0.15) is 64.0 Å². The molecule has 0 radical (unpaired) electrons. The average molecular weight is 292 g/mol. The van der Waals surface area contributed by atoms with Gasteiger partial charge in [0.05, 0.1) is 11.7 Å². The normalized spacial score (nSPS) is 20.0. The van der Waals surface area contributed by atoms with Crippen LogP contribution in [0, 0.1) is 0 Å². The SMILES string of the molecule is COC1(C(O)c2cccc(OC(C)C)c2)CCCCCC1. The van der Waals surface area contributed by atoms with Gasteiger partial charge in [-0.1, -0.05) is 37.8 Å². The van der Waals surface area contributed by atoms with E-state index in [0.717, 1.165) is 37.0 Å². The van der Waals surface area contributed by atoms with Gasteiger partial charge in [0.25, 0.3) is 0 Å². The van der Waals surface area contributed by atoms with Gasteiger partial charge in [-0.05, 0) is 44.4 Å². The number of benzene rings is 1. The van der Waals surface area contributed by atoms with E-state index in [1.165, 1.54) is 12.8 Å². The van der Waals surface area contributed by atoms with Crippen LogP contribution < -0.4 is 4.74 Å². The molecule has 0 heterocycles. The number of hydrogen-bond donors (Lipinski definition) is 1. The van der Waals surface area contributed by atoms with Crippen LogP contribution in [0.2, 0.25) is 0 Å². The lowest BCUT2D eigenvalue weighted by Gasteiger charge is -2.36. The summed E-state index contributed by atoms with van der Waals surface area (Å²) in [5, 5.41) is 10.9. The Morgan fingerprint density at radius 2 is 1.76 bits per heavy atom. The summed E-state index contributed by atoms with van der Waals surface area (Å²) in [4.78, 5) is 0. The zero-order chi connectivity index (χ0) is 15.3. The minimum Gasteiger partial charge on any atom is -0.491 e. The van der Waals surface area contributed by atoms with Crippen molar-refractivity contribution < 1.29 is 14.6 Å². The fourth-order valence-electron chi connectivity index (χ4n) is 3.25. The molecule has 1 fully saturated rings. The standard InChI is InChI=1S/C18H28O3/c1-14(2)21-16-10-8-9-15(13-16)17(19)18(20-3)11-6-4-5-7-12-18/h8-10,13-14,17,19H,4-7,11-12H2,1-3H3. The summed E-state index contributed by atoms with van der Waals surface area (Å²) in [7, 11) is 1.73. The van der Waals surface area contributed by atoms with E-state index >= 15 is 0 Å². The van der Waals surface area contributed by atoms with Crippen LogP contribution >= 0.6 is 0 Å². The highest BCUT2D eigenvalue weighted by Gasteiger charge is 2.39. The third-order valence-electron chi connectivity index (χ3n) is 4.40. The van der Waals surface area contributed by atoms with Gasteiger partial charge in [0.2, 0.25) is 0 Å². The molecule has 0 aliphatic heterocycles. The van der Waals surface area contributed by atoms with Crippen molar-refractivity contribution in [2.24, 2.45) is 0 Å². The maximum atomic E-state index is 10.9. The lowest BCUT2D eigenvalue weighted by atomic mass is 9.84. The van der Waals surface area contributed by atoms with E-state index in [0.29, 0.717) is 0 Å². The van der Waals surface area contributed by atoms with Crippen LogP contribution in [-0.4, -0.2) is 23.9 Å². The van der Waals surface area contributed by atoms with Crippen molar-refractivity contribution in [3.63, 3.8) is 0 Å². The van der Waals surface area contributed by atoms with Crippen molar-refractivity contribution in [1.82, 2.24) is 0 Å². The van der Waals surface area contributed by atoms with E-state index in [4.69, 9.17) is 9.47 Å². The summed E-state index contributed by atoms with van der Waals surface area (Å²) in [6.07, 6.45) is 6.06. The van der Waals surface area contributed by atoms with Gasteiger partial charge in [-0.3, -0.25) is 0 Å². The van der Waals surface area contributed by atoms with E-state index in [2.05, 4.69) is 0 Å². The Labute approximate surface area is 128 Å². The first-order valence-corrected chi connectivity index (χ1v) is 8.07. The van der Waals surface area contributed by atoms with E-state index < -0.39 is 11.7 Å². The maximum Gasteiger partial charge on any atom is 0.120 e. The zero-order valence-corrected chi connectivity index (χ0v) is 13.5. The van der Waals surface area contributed by atoms with Gasteiger partial charge in [-0.15, -0.1) is 0 Å². The fraction of sp³-hybridized carbons (Fsp3) is 0.667. The van der Waals surface area contributed by atoms with Crippen molar-refractivity contribution in [3.8, 4) is 5.75 Å². The fourth-order valence-corrected chi connectivity index (χ4v) is 3.25. The molecule has 1 aromatic rings. The molecular weight excluding hydrogens is 264 g/mol. The van der Waals surface area contributed by atoms with Gasteiger partial charge in [-0.25, -0.2) is 0 Å². The van der Waals surface area contributed by atoms with Crippen molar-refractivity contribution in [2.75, 3.05) is 7.11 Å². The van der Waals surface area contributed by atoms with Gasteiger partial charge in [0.15, 0.2) is 0 Å². The van der Waals surface area contributed by atoms with E-state index in [1.807, 2.05) is 38.1 Å². The molecule has 21 heavy (non-hydrogen) atoms. The van der Waals surface area contributed by atoms with E-state index in [1.54, 1.807) is 7.11 Å². The molecule has 1 N–H and O–H groups in total. The molecule has 0 spiro atoms. The Morgan fingerprint density at radius 3 is 2.33 bits per heavy atom. The molecule has 1 unspecified atom stereocenters.